The molecule has 1 aliphatic heterocycles. The first-order valence-corrected chi connectivity index (χ1v) is 7.08. The summed E-state index contributed by atoms with van der Waals surface area (Å²) in [5.74, 6) is -1.16. The largest absolute Gasteiger partial charge is 0.366 e. The molecule has 110 valence electrons. The highest BCUT2D eigenvalue weighted by molar-refractivity contribution is 6.37. The topological polar surface area (TPSA) is 70.9 Å². The maximum Gasteiger partial charge on any atom is 0.250 e. The maximum absolute atomic E-state index is 14.6. The van der Waals surface area contributed by atoms with E-state index in [1.807, 2.05) is 6.08 Å². The molecule has 4 nitrogen and oxygen atoms in total. The van der Waals surface area contributed by atoms with Gasteiger partial charge < -0.3 is 16.0 Å². The highest BCUT2D eigenvalue weighted by atomic mass is 35.5. The molecule has 0 spiro atoms. The van der Waals surface area contributed by atoms with E-state index in [9.17, 15) is 9.18 Å². The summed E-state index contributed by atoms with van der Waals surface area (Å²) < 4.78 is 14.6. The predicted octanol–water partition coefficient (Wildman–Crippen LogP) is 2.74. The van der Waals surface area contributed by atoms with E-state index in [1.165, 1.54) is 6.07 Å². The lowest BCUT2D eigenvalue weighted by Gasteiger charge is -2.17. The van der Waals surface area contributed by atoms with Gasteiger partial charge in [0.1, 0.15) is 5.82 Å². The van der Waals surface area contributed by atoms with Crippen molar-refractivity contribution in [1.29, 1.82) is 0 Å². The van der Waals surface area contributed by atoms with Gasteiger partial charge in [0.2, 0.25) is 0 Å². The van der Waals surface area contributed by atoms with Crippen molar-refractivity contribution in [3.8, 4) is 0 Å². The van der Waals surface area contributed by atoms with Crippen LogP contribution in [0.3, 0.4) is 0 Å². The number of halogens is 2. The Hall–Kier alpha value is -1.85. The van der Waals surface area contributed by atoms with Crippen molar-refractivity contribution < 1.29 is 9.18 Å². The van der Waals surface area contributed by atoms with E-state index in [2.05, 4.69) is 10.3 Å². The van der Waals surface area contributed by atoms with Gasteiger partial charge in [-0.1, -0.05) is 17.7 Å². The first kappa shape index (κ1) is 14.1. The molecule has 4 N–H and O–H groups in total. The molecule has 6 heteroatoms. The molecule has 1 aromatic heterocycles. The number of nitrogens with two attached hydrogens (primary N) is 1. The molecule has 0 atom stereocenters. The van der Waals surface area contributed by atoms with Crippen LogP contribution in [0, 0.1) is 12.7 Å². The highest BCUT2D eigenvalue weighted by Gasteiger charge is 2.23. The van der Waals surface area contributed by atoms with E-state index in [0.29, 0.717) is 33.7 Å². The Balaban J connectivity index is 2.39. The third-order valence-corrected chi connectivity index (χ3v) is 4.23. The summed E-state index contributed by atoms with van der Waals surface area (Å²) in [4.78, 5) is 14.6. The van der Waals surface area contributed by atoms with E-state index in [4.69, 9.17) is 17.3 Å². The molecular weight excluding hydrogens is 293 g/mol. The Labute approximate surface area is 126 Å². The van der Waals surface area contributed by atoms with Crippen LogP contribution >= 0.6 is 11.6 Å². The lowest BCUT2D eigenvalue weighted by atomic mass is 9.95. The van der Waals surface area contributed by atoms with E-state index in [0.717, 1.165) is 18.5 Å². The van der Waals surface area contributed by atoms with Crippen molar-refractivity contribution in [1.82, 2.24) is 10.3 Å². The van der Waals surface area contributed by atoms with Gasteiger partial charge in [0.05, 0.1) is 16.1 Å². The first-order chi connectivity index (χ1) is 10.0. The van der Waals surface area contributed by atoms with Gasteiger partial charge in [0, 0.05) is 23.2 Å². The number of fused-ring (bicyclic) bond motifs is 1. The zero-order valence-corrected chi connectivity index (χ0v) is 12.3. The Morgan fingerprint density at radius 3 is 2.86 bits per heavy atom. The number of carbonyl (C=O) groups excluding carboxylic acids is 1. The molecule has 0 bridgehead atoms. The van der Waals surface area contributed by atoms with Gasteiger partial charge in [-0.3, -0.25) is 4.79 Å². The second-order valence-electron chi connectivity index (χ2n) is 5.15. The number of nitrogens with one attached hydrogen (secondary N) is 2. The highest BCUT2D eigenvalue weighted by Crippen LogP contribution is 2.37. The molecule has 0 aliphatic carbocycles. The smallest absolute Gasteiger partial charge is 0.250 e. The molecular formula is C15H15ClFN3O. The second kappa shape index (κ2) is 5.16. The third kappa shape index (κ3) is 2.22. The number of carbonyl (C=O) groups is 1. The number of aromatic amines is 1. The maximum atomic E-state index is 14.6. The standard InChI is InChI=1S/C15H15ClFN3O/c1-7-13(16)12-11(8-3-2-4-19-6-8)10(17)5-9(15(18)21)14(12)20-7/h3,5,19-20H,2,4,6H2,1H3,(H2,18,21). The molecule has 0 fully saturated rings. The van der Waals surface area contributed by atoms with Crippen LogP contribution in [0.4, 0.5) is 4.39 Å². The molecule has 21 heavy (non-hydrogen) atoms. The number of aromatic nitrogens is 1. The monoisotopic (exact) mass is 307 g/mol. The number of primary amides is 1. The minimum atomic E-state index is -0.681. The molecule has 2 heterocycles. The van der Waals surface area contributed by atoms with Crippen LogP contribution in [0.5, 0.6) is 0 Å². The van der Waals surface area contributed by atoms with Crippen LogP contribution in [0.1, 0.15) is 28.0 Å². The number of hydrogen-bond acceptors (Lipinski definition) is 2. The summed E-state index contributed by atoms with van der Waals surface area (Å²) in [6, 6.07) is 1.18. The Kier molecular flexibility index (Phi) is 3.47. The van der Waals surface area contributed by atoms with Gasteiger partial charge in [0.15, 0.2) is 0 Å². The molecule has 0 saturated heterocycles. The number of aryl methyl sites for hydroxylation is 1. The summed E-state index contributed by atoms with van der Waals surface area (Å²) >= 11 is 6.32. The van der Waals surface area contributed by atoms with E-state index < -0.39 is 11.7 Å². The zero-order valence-electron chi connectivity index (χ0n) is 11.5. The summed E-state index contributed by atoms with van der Waals surface area (Å²) in [5, 5.41) is 4.16. The van der Waals surface area contributed by atoms with Gasteiger partial charge >= 0.3 is 0 Å². The van der Waals surface area contributed by atoms with E-state index in [1.54, 1.807) is 6.92 Å². The van der Waals surface area contributed by atoms with Gasteiger partial charge in [-0.15, -0.1) is 0 Å². The van der Waals surface area contributed by atoms with Crippen LogP contribution in [0.2, 0.25) is 5.02 Å². The molecule has 3 rings (SSSR count). The number of hydrogen-bond donors (Lipinski definition) is 3. The third-order valence-electron chi connectivity index (χ3n) is 3.75. The fourth-order valence-corrected chi connectivity index (χ4v) is 3.01. The van der Waals surface area contributed by atoms with Crippen LogP contribution in [0.25, 0.3) is 16.5 Å². The van der Waals surface area contributed by atoms with Crippen molar-refractivity contribution in [2.24, 2.45) is 5.73 Å². The van der Waals surface area contributed by atoms with E-state index >= 15 is 0 Å². The lowest BCUT2D eigenvalue weighted by Crippen LogP contribution is -2.22. The SMILES string of the molecule is Cc1[nH]c2c(C(N)=O)cc(F)c(C3=CCCNC3)c2c1Cl. The van der Waals surface area contributed by atoms with Gasteiger partial charge in [-0.2, -0.15) is 0 Å². The van der Waals surface area contributed by atoms with Crippen molar-refractivity contribution in [3.05, 3.63) is 39.8 Å². The normalized spacial score (nSPS) is 15.3. The van der Waals surface area contributed by atoms with Gasteiger partial charge in [0.25, 0.3) is 5.91 Å². The van der Waals surface area contributed by atoms with Crippen molar-refractivity contribution in [2.75, 3.05) is 13.1 Å². The minimum absolute atomic E-state index is 0.116. The zero-order chi connectivity index (χ0) is 15.1. The average Bonchev–Trinajstić information content (AvgIpc) is 2.75. The molecule has 1 aliphatic rings. The number of amides is 1. The predicted molar refractivity (Wildman–Crippen MR) is 82.0 cm³/mol. The fourth-order valence-electron chi connectivity index (χ4n) is 2.77. The van der Waals surface area contributed by atoms with Crippen LogP contribution in [-0.2, 0) is 0 Å². The lowest BCUT2D eigenvalue weighted by molar-refractivity contribution is 0.100. The molecule has 2 aromatic rings. The van der Waals surface area contributed by atoms with Gasteiger partial charge in [-0.25, -0.2) is 4.39 Å². The summed E-state index contributed by atoms with van der Waals surface area (Å²) in [6.07, 6.45) is 2.83. The molecule has 0 radical (unpaired) electrons. The Morgan fingerprint density at radius 1 is 1.48 bits per heavy atom. The summed E-state index contributed by atoms with van der Waals surface area (Å²) in [7, 11) is 0. The van der Waals surface area contributed by atoms with Crippen LogP contribution in [0.15, 0.2) is 12.1 Å². The van der Waals surface area contributed by atoms with Crippen LogP contribution in [-0.4, -0.2) is 24.0 Å². The molecule has 0 unspecified atom stereocenters. The van der Waals surface area contributed by atoms with Crippen molar-refractivity contribution in [3.63, 3.8) is 0 Å². The summed E-state index contributed by atoms with van der Waals surface area (Å²) in [6.45, 7) is 3.22. The molecule has 1 amide bonds. The Bertz CT molecular complexity index is 779. The second-order valence-corrected chi connectivity index (χ2v) is 5.53. The van der Waals surface area contributed by atoms with Crippen molar-refractivity contribution >= 4 is 34.0 Å². The quantitative estimate of drug-likeness (QED) is 0.798. The number of benzene rings is 1. The Morgan fingerprint density at radius 2 is 2.24 bits per heavy atom. The fraction of sp³-hybridized carbons (Fsp3) is 0.267. The van der Waals surface area contributed by atoms with Gasteiger partial charge in [-0.05, 0) is 31.5 Å². The van der Waals surface area contributed by atoms with Crippen LogP contribution < -0.4 is 11.1 Å². The molecule has 1 aromatic carbocycles. The number of rotatable bonds is 2. The summed E-state index contributed by atoms with van der Waals surface area (Å²) in [5.41, 5.74) is 7.93. The average molecular weight is 308 g/mol. The van der Waals surface area contributed by atoms with Crippen molar-refractivity contribution in [2.45, 2.75) is 13.3 Å². The molecule has 0 saturated carbocycles. The van der Waals surface area contributed by atoms with E-state index in [-0.39, 0.29) is 5.56 Å². The number of H-pyrrole nitrogens is 1. The minimum Gasteiger partial charge on any atom is -0.366 e. The first-order valence-electron chi connectivity index (χ1n) is 6.71.